The fourth-order valence-electron chi connectivity index (χ4n) is 4.27. The van der Waals surface area contributed by atoms with Crippen molar-refractivity contribution in [2.45, 2.75) is 38.8 Å². The van der Waals surface area contributed by atoms with Gasteiger partial charge in [0.15, 0.2) is 11.7 Å². The normalized spacial score (nSPS) is 15.8. The monoisotopic (exact) mass is 414 g/mol. The highest BCUT2D eigenvalue weighted by molar-refractivity contribution is 6.11. The number of aryl methyl sites for hydroxylation is 1. The van der Waals surface area contributed by atoms with Crippen LogP contribution in [0.3, 0.4) is 0 Å². The Morgan fingerprint density at radius 2 is 1.97 bits per heavy atom. The molecule has 5 rings (SSSR count). The molecule has 8 nitrogen and oxygen atoms in total. The lowest BCUT2D eigenvalue weighted by Crippen LogP contribution is -2.36. The molecule has 2 aliphatic heterocycles. The minimum atomic E-state index is 0.0559. The number of rotatable bonds is 4. The summed E-state index contributed by atoms with van der Waals surface area (Å²) in [5.41, 5.74) is 11.1. The fraction of sp³-hybridized carbons (Fsp3) is 0.348. The Kier molecular flexibility index (Phi) is 5.07. The zero-order valence-electron chi connectivity index (χ0n) is 17.9. The summed E-state index contributed by atoms with van der Waals surface area (Å²) in [4.78, 5) is 27.8. The fourth-order valence-corrected chi connectivity index (χ4v) is 4.27. The summed E-state index contributed by atoms with van der Waals surface area (Å²) in [6.07, 6.45) is 8.25. The summed E-state index contributed by atoms with van der Waals surface area (Å²) < 4.78 is 0. The molecule has 0 aliphatic carbocycles. The van der Waals surface area contributed by atoms with Crippen molar-refractivity contribution < 1.29 is 0 Å². The van der Waals surface area contributed by atoms with E-state index < -0.39 is 0 Å². The Morgan fingerprint density at radius 1 is 1.13 bits per heavy atom. The molecule has 0 radical (unpaired) electrons. The topological polar surface area (TPSA) is 96.4 Å². The number of nitrogens with two attached hydrogens (primary N) is 1. The average Bonchev–Trinajstić information content (AvgIpc) is 3.21. The maximum atomic E-state index is 6.03. The number of aromatic nitrogens is 4. The summed E-state index contributed by atoms with van der Waals surface area (Å²) in [5.74, 6) is 2.49. The molecular formula is C23H26N8. The summed E-state index contributed by atoms with van der Waals surface area (Å²) in [5, 5.41) is 0. The van der Waals surface area contributed by atoms with Crippen molar-refractivity contribution >= 4 is 23.2 Å². The van der Waals surface area contributed by atoms with Crippen LogP contribution < -0.4 is 15.5 Å². The van der Waals surface area contributed by atoms with Crippen molar-refractivity contribution in [1.29, 1.82) is 0 Å². The van der Waals surface area contributed by atoms with E-state index in [9.17, 15) is 0 Å². The van der Waals surface area contributed by atoms with Gasteiger partial charge in [-0.05, 0) is 49.9 Å². The minimum absolute atomic E-state index is 0.0559. The molecule has 31 heavy (non-hydrogen) atoms. The largest absolute Gasteiger partial charge is 0.328 e. The molecule has 0 aromatic carbocycles. The Bertz CT molecular complexity index is 1140. The Balaban J connectivity index is 1.44. The van der Waals surface area contributed by atoms with Crippen molar-refractivity contribution in [1.82, 2.24) is 19.9 Å². The molecule has 0 saturated heterocycles. The molecule has 3 aromatic heterocycles. The molecule has 0 saturated carbocycles. The number of hydrogen-bond donors (Lipinski definition) is 1. The van der Waals surface area contributed by atoms with Crippen LogP contribution >= 0.6 is 0 Å². The third-order valence-electron chi connectivity index (χ3n) is 5.70. The van der Waals surface area contributed by atoms with Crippen LogP contribution in [-0.2, 0) is 19.4 Å². The lowest BCUT2D eigenvalue weighted by molar-refractivity contribution is 0.734. The van der Waals surface area contributed by atoms with Crippen molar-refractivity contribution in [2.24, 2.45) is 10.7 Å². The van der Waals surface area contributed by atoms with Gasteiger partial charge in [0.2, 0.25) is 0 Å². The maximum Gasteiger partial charge on any atom is 0.156 e. The highest BCUT2D eigenvalue weighted by Crippen LogP contribution is 2.31. The molecule has 158 valence electrons. The molecule has 3 aromatic rings. The van der Waals surface area contributed by atoms with Crippen LogP contribution in [0.15, 0.2) is 47.8 Å². The van der Waals surface area contributed by atoms with Crippen LogP contribution in [0.2, 0.25) is 0 Å². The minimum Gasteiger partial charge on any atom is -0.328 e. The van der Waals surface area contributed by atoms with E-state index >= 15 is 0 Å². The summed E-state index contributed by atoms with van der Waals surface area (Å²) >= 11 is 0. The van der Waals surface area contributed by atoms with E-state index in [0.717, 1.165) is 71.6 Å². The molecule has 1 atom stereocenters. The van der Waals surface area contributed by atoms with Gasteiger partial charge in [0.1, 0.15) is 11.5 Å². The molecule has 2 N–H and O–H groups in total. The number of nitrogens with zero attached hydrogens (tertiary/aromatic N) is 7. The third kappa shape index (κ3) is 3.63. The Morgan fingerprint density at radius 3 is 2.84 bits per heavy atom. The van der Waals surface area contributed by atoms with Crippen LogP contribution in [0.1, 0.15) is 36.0 Å². The molecular weight excluding hydrogens is 388 g/mol. The van der Waals surface area contributed by atoms with E-state index in [0.29, 0.717) is 6.54 Å². The van der Waals surface area contributed by atoms with Crippen LogP contribution in [0.25, 0.3) is 0 Å². The van der Waals surface area contributed by atoms with Crippen LogP contribution in [0.4, 0.5) is 17.3 Å². The zero-order valence-corrected chi connectivity index (χ0v) is 17.9. The maximum absolute atomic E-state index is 6.03. The number of aliphatic imine (C=N–C) groups is 1. The average molecular weight is 415 g/mol. The standard InChI is InChI=1S/C23H26N8/c1-15(24)12-16-6-3-10-26-22(16)30(2)20-14-27-21-18(29-20)13-28-23(21)31-11-5-7-17-19(31)8-4-9-25-17/h3-4,6,8-10,14-15H,5,7,11-13,24H2,1-2H3/t15-/m0/s1. The second-order valence-electron chi connectivity index (χ2n) is 8.11. The Labute approximate surface area is 181 Å². The number of pyridine rings is 2. The van der Waals surface area contributed by atoms with Gasteiger partial charge in [-0.3, -0.25) is 9.98 Å². The molecule has 0 spiro atoms. The van der Waals surface area contributed by atoms with Gasteiger partial charge >= 0.3 is 0 Å². The Hall–Kier alpha value is -3.39. The smallest absolute Gasteiger partial charge is 0.156 e. The lowest BCUT2D eigenvalue weighted by Gasteiger charge is -2.30. The molecule has 2 aliphatic rings. The van der Waals surface area contributed by atoms with Gasteiger partial charge in [-0.25, -0.2) is 15.0 Å². The van der Waals surface area contributed by atoms with Crippen LogP contribution in [0.5, 0.6) is 0 Å². The summed E-state index contributed by atoms with van der Waals surface area (Å²) in [6.45, 7) is 3.44. The summed E-state index contributed by atoms with van der Waals surface area (Å²) in [7, 11) is 1.96. The lowest BCUT2D eigenvalue weighted by atomic mass is 10.1. The first-order valence-electron chi connectivity index (χ1n) is 10.7. The van der Waals surface area contributed by atoms with Crippen LogP contribution in [-0.4, -0.2) is 45.4 Å². The van der Waals surface area contributed by atoms with E-state index in [1.54, 1.807) is 12.4 Å². The number of amidine groups is 1. The second-order valence-corrected chi connectivity index (χ2v) is 8.11. The second kappa shape index (κ2) is 8.03. The quantitative estimate of drug-likeness (QED) is 0.701. The zero-order chi connectivity index (χ0) is 21.4. The number of hydrogen-bond acceptors (Lipinski definition) is 8. The van der Waals surface area contributed by atoms with Gasteiger partial charge in [0, 0.05) is 32.0 Å². The number of anilines is 3. The van der Waals surface area contributed by atoms with Gasteiger partial charge in [-0.2, -0.15) is 0 Å². The predicted octanol–water partition coefficient (Wildman–Crippen LogP) is 2.64. The van der Waals surface area contributed by atoms with E-state index in [1.165, 1.54) is 0 Å². The molecule has 8 heteroatoms. The van der Waals surface area contributed by atoms with Gasteiger partial charge < -0.3 is 15.5 Å². The van der Waals surface area contributed by atoms with Crippen LogP contribution in [0, 0.1) is 0 Å². The van der Waals surface area contributed by atoms with Crippen molar-refractivity contribution in [3.05, 3.63) is 65.5 Å². The van der Waals surface area contributed by atoms with Gasteiger partial charge in [-0.1, -0.05) is 6.07 Å². The third-order valence-corrected chi connectivity index (χ3v) is 5.70. The molecule has 5 heterocycles. The molecule has 0 amide bonds. The highest BCUT2D eigenvalue weighted by Gasteiger charge is 2.29. The van der Waals surface area contributed by atoms with Gasteiger partial charge in [0.25, 0.3) is 0 Å². The highest BCUT2D eigenvalue weighted by atomic mass is 15.3. The van der Waals surface area contributed by atoms with Crippen molar-refractivity contribution in [2.75, 3.05) is 23.4 Å². The first kappa shape index (κ1) is 19.6. The van der Waals surface area contributed by atoms with E-state index in [2.05, 4.69) is 27.0 Å². The van der Waals surface area contributed by atoms with Gasteiger partial charge in [-0.15, -0.1) is 0 Å². The SMILES string of the molecule is C[C@H](N)Cc1cccnc1N(C)c1cnc2c(n1)CN=C2N1CCCc2ncccc21. The van der Waals surface area contributed by atoms with E-state index in [4.69, 9.17) is 20.7 Å². The van der Waals surface area contributed by atoms with Crippen molar-refractivity contribution in [3.63, 3.8) is 0 Å². The number of fused-ring (bicyclic) bond motifs is 2. The first-order chi connectivity index (χ1) is 15.1. The molecule has 0 bridgehead atoms. The molecule has 0 unspecified atom stereocenters. The molecule has 0 fully saturated rings. The van der Waals surface area contributed by atoms with Crippen molar-refractivity contribution in [3.8, 4) is 0 Å². The van der Waals surface area contributed by atoms with E-state index in [1.807, 2.05) is 37.2 Å². The van der Waals surface area contributed by atoms with Gasteiger partial charge in [0.05, 0.1) is 29.8 Å². The predicted molar refractivity (Wildman–Crippen MR) is 122 cm³/mol. The summed E-state index contributed by atoms with van der Waals surface area (Å²) in [6, 6.07) is 8.14. The first-order valence-corrected chi connectivity index (χ1v) is 10.7. The van der Waals surface area contributed by atoms with E-state index in [-0.39, 0.29) is 6.04 Å².